The van der Waals surface area contributed by atoms with E-state index in [1.54, 1.807) is 0 Å². The van der Waals surface area contributed by atoms with Crippen LogP contribution < -0.4 is 10.2 Å². The van der Waals surface area contributed by atoms with Crippen LogP contribution in [0.1, 0.15) is 39.9 Å². The Balaban J connectivity index is 3.02. The average molecular weight is 266 g/mol. The molecule has 1 heterocycles. The van der Waals surface area contributed by atoms with Crippen LogP contribution in [0.2, 0.25) is 0 Å². The zero-order valence-corrected chi connectivity index (χ0v) is 12.5. The van der Waals surface area contributed by atoms with E-state index in [4.69, 9.17) is 5.11 Å². The third kappa shape index (κ3) is 4.67. The minimum Gasteiger partial charge on any atom is -0.396 e. The summed E-state index contributed by atoms with van der Waals surface area (Å²) in [7, 11) is 0. The first-order valence-electron chi connectivity index (χ1n) is 7.11. The molecule has 1 aromatic rings. The van der Waals surface area contributed by atoms with E-state index in [1.165, 1.54) is 0 Å². The van der Waals surface area contributed by atoms with Crippen molar-refractivity contribution < 1.29 is 5.11 Å². The van der Waals surface area contributed by atoms with Gasteiger partial charge in [0.15, 0.2) is 0 Å². The van der Waals surface area contributed by atoms with Gasteiger partial charge in [0.2, 0.25) is 0 Å². The summed E-state index contributed by atoms with van der Waals surface area (Å²) in [5.74, 6) is 2.66. The molecule has 0 amide bonds. The lowest BCUT2D eigenvalue weighted by Crippen LogP contribution is -2.33. The first-order chi connectivity index (χ1) is 9.12. The third-order valence-corrected chi connectivity index (χ3v) is 2.91. The minimum atomic E-state index is 0.203. The Morgan fingerprint density at radius 1 is 1.32 bits per heavy atom. The number of hydrogen-bond donors (Lipinski definition) is 2. The lowest BCUT2D eigenvalue weighted by atomic mass is 10.2. The van der Waals surface area contributed by atoms with Crippen LogP contribution in [-0.2, 0) is 6.42 Å². The van der Waals surface area contributed by atoms with Crippen molar-refractivity contribution in [2.24, 2.45) is 0 Å². The molecule has 0 aliphatic heterocycles. The summed E-state index contributed by atoms with van der Waals surface area (Å²) in [5, 5.41) is 12.3. The number of aromatic nitrogens is 2. The number of rotatable bonds is 8. The van der Waals surface area contributed by atoms with Crippen molar-refractivity contribution in [1.82, 2.24) is 9.97 Å². The van der Waals surface area contributed by atoms with Gasteiger partial charge >= 0.3 is 0 Å². The Labute approximate surface area is 116 Å². The molecule has 0 radical (unpaired) electrons. The van der Waals surface area contributed by atoms with E-state index in [-0.39, 0.29) is 6.61 Å². The second-order valence-electron chi connectivity index (χ2n) is 4.78. The van der Waals surface area contributed by atoms with E-state index >= 15 is 0 Å². The fraction of sp³-hybridized carbons (Fsp3) is 0.714. The van der Waals surface area contributed by atoms with Gasteiger partial charge in [-0.25, -0.2) is 9.97 Å². The molecule has 0 saturated carbocycles. The normalized spacial score (nSPS) is 10.8. The number of aliphatic hydroxyl groups excluding tert-OH is 1. The summed E-state index contributed by atoms with van der Waals surface area (Å²) < 4.78 is 0. The highest BCUT2D eigenvalue weighted by Crippen LogP contribution is 2.19. The molecule has 19 heavy (non-hydrogen) atoms. The maximum atomic E-state index is 9.01. The van der Waals surface area contributed by atoms with Crippen molar-refractivity contribution in [3.8, 4) is 0 Å². The quantitative estimate of drug-likeness (QED) is 0.754. The predicted octanol–water partition coefficient (Wildman–Crippen LogP) is 2.07. The molecular weight excluding hydrogens is 240 g/mol. The van der Waals surface area contributed by atoms with Crippen LogP contribution >= 0.6 is 0 Å². The number of anilines is 2. The van der Waals surface area contributed by atoms with Crippen LogP contribution in [-0.4, -0.2) is 40.8 Å². The fourth-order valence-corrected chi connectivity index (χ4v) is 1.94. The number of nitrogens with zero attached hydrogens (tertiary/aromatic N) is 3. The summed E-state index contributed by atoms with van der Waals surface area (Å²) in [4.78, 5) is 11.3. The summed E-state index contributed by atoms with van der Waals surface area (Å²) >= 11 is 0. The molecule has 108 valence electrons. The monoisotopic (exact) mass is 266 g/mol. The van der Waals surface area contributed by atoms with Gasteiger partial charge in [-0.15, -0.1) is 0 Å². The molecule has 0 atom stereocenters. The van der Waals surface area contributed by atoms with E-state index < -0.39 is 0 Å². The van der Waals surface area contributed by atoms with E-state index in [0.717, 1.165) is 43.4 Å². The molecule has 0 fully saturated rings. The summed E-state index contributed by atoms with van der Waals surface area (Å²) in [6.45, 7) is 10.2. The zero-order valence-electron chi connectivity index (χ0n) is 12.5. The Kier molecular flexibility index (Phi) is 6.56. The Hall–Kier alpha value is -1.36. The molecule has 0 aliphatic carbocycles. The number of aryl methyl sites for hydroxylation is 1. The molecule has 1 rings (SSSR count). The second-order valence-corrected chi connectivity index (χ2v) is 4.78. The topological polar surface area (TPSA) is 61.3 Å². The van der Waals surface area contributed by atoms with Crippen LogP contribution in [0.25, 0.3) is 0 Å². The fourth-order valence-electron chi connectivity index (χ4n) is 1.94. The van der Waals surface area contributed by atoms with E-state index in [2.05, 4.69) is 47.9 Å². The maximum Gasteiger partial charge on any atom is 0.134 e. The van der Waals surface area contributed by atoms with Crippen LogP contribution in [0, 0.1) is 0 Å². The van der Waals surface area contributed by atoms with Gasteiger partial charge in [-0.3, -0.25) is 0 Å². The molecule has 5 nitrogen and oxygen atoms in total. The molecular formula is C14H26N4O. The van der Waals surface area contributed by atoms with E-state index in [1.807, 2.05) is 6.07 Å². The van der Waals surface area contributed by atoms with Crippen molar-refractivity contribution in [1.29, 1.82) is 0 Å². The van der Waals surface area contributed by atoms with Crippen molar-refractivity contribution >= 4 is 11.6 Å². The smallest absolute Gasteiger partial charge is 0.134 e. The van der Waals surface area contributed by atoms with Crippen LogP contribution in [0.5, 0.6) is 0 Å². The predicted molar refractivity (Wildman–Crippen MR) is 79.8 cm³/mol. The van der Waals surface area contributed by atoms with Gasteiger partial charge in [-0.05, 0) is 27.2 Å². The van der Waals surface area contributed by atoms with Gasteiger partial charge in [0.25, 0.3) is 0 Å². The summed E-state index contributed by atoms with van der Waals surface area (Å²) in [6.07, 6.45) is 1.57. The van der Waals surface area contributed by atoms with Crippen LogP contribution in [0.3, 0.4) is 0 Å². The molecule has 0 bridgehead atoms. The molecule has 5 heteroatoms. The number of hydrogen-bond acceptors (Lipinski definition) is 5. The Bertz CT molecular complexity index is 382. The van der Waals surface area contributed by atoms with Crippen molar-refractivity contribution in [3.63, 3.8) is 0 Å². The van der Waals surface area contributed by atoms with Gasteiger partial charge < -0.3 is 15.3 Å². The van der Waals surface area contributed by atoms with E-state index in [0.29, 0.717) is 6.04 Å². The summed E-state index contributed by atoms with van der Waals surface area (Å²) in [6, 6.07) is 2.33. The second kappa shape index (κ2) is 7.94. The van der Waals surface area contributed by atoms with Crippen LogP contribution in [0.15, 0.2) is 6.07 Å². The average Bonchev–Trinajstić information content (AvgIpc) is 2.39. The molecule has 0 aromatic carbocycles. The van der Waals surface area contributed by atoms with Gasteiger partial charge in [0, 0.05) is 38.2 Å². The van der Waals surface area contributed by atoms with Gasteiger partial charge in [-0.1, -0.05) is 6.92 Å². The van der Waals surface area contributed by atoms with Crippen molar-refractivity contribution in [3.05, 3.63) is 11.9 Å². The van der Waals surface area contributed by atoms with Gasteiger partial charge in [0.05, 0.1) is 0 Å². The van der Waals surface area contributed by atoms with E-state index in [9.17, 15) is 0 Å². The Morgan fingerprint density at radius 3 is 2.58 bits per heavy atom. The lowest BCUT2D eigenvalue weighted by molar-refractivity contribution is 0.288. The number of aliphatic hydroxyl groups is 1. The SMILES string of the molecule is CCNc1cc(N(CCCO)C(C)C)nc(CC)n1. The molecule has 0 spiro atoms. The Morgan fingerprint density at radius 2 is 2.05 bits per heavy atom. The molecule has 0 aliphatic rings. The lowest BCUT2D eigenvalue weighted by Gasteiger charge is -2.28. The van der Waals surface area contributed by atoms with Crippen LogP contribution in [0.4, 0.5) is 11.6 Å². The highest BCUT2D eigenvalue weighted by molar-refractivity contribution is 5.50. The first-order valence-corrected chi connectivity index (χ1v) is 7.11. The number of nitrogens with one attached hydrogen (secondary N) is 1. The zero-order chi connectivity index (χ0) is 14.3. The molecule has 0 unspecified atom stereocenters. The summed E-state index contributed by atoms with van der Waals surface area (Å²) in [5.41, 5.74) is 0. The maximum absolute atomic E-state index is 9.01. The highest BCUT2D eigenvalue weighted by Gasteiger charge is 2.14. The van der Waals surface area contributed by atoms with Gasteiger partial charge in [-0.2, -0.15) is 0 Å². The molecule has 2 N–H and O–H groups in total. The minimum absolute atomic E-state index is 0.203. The molecule has 0 saturated heterocycles. The first kappa shape index (κ1) is 15.7. The highest BCUT2D eigenvalue weighted by atomic mass is 16.3. The van der Waals surface area contributed by atoms with Gasteiger partial charge in [0.1, 0.15) is 17.5 Å². The standard InChI is InChI=1S/C14H26N4O/c1-5-12-16-13(15-6-2)10-14(17-12)18(11(3)4)8-7-9-19/h10-11,19H,5-9H2,1-4H3,(H,15,16,17). The largest absolute Gasteiger partial charge is 0.396 e. The third-order valence-electron chi connectivity index (χ3n) is 2.91. The van der Waals surface area contributed by atoms with Crippen molar-refractivity contribution in [2.45, 2.75) is 46.6 Å². The van der Waals surface area contributed by atoms with Crippen molar-refractivity contribution in [2.75, 3.05) is 29.9 Å². The molecule has 1 aromatic heterocycles.